The van der Waals surface area contributed by atoms with Crippen molar-refractivity contribution in [3.63, 3.8) is 0 Å². The minimum Gasteiger partial charge on any atom is -0.339 e. The number of hydrogen-bond acceptors (Lipinski definition) is 4. The molecule has 2 aromatic rings. The highest BCUT2D eigenvalue weighted by Crippen LogP contribution is 2.18. The number of piperazine rings is 1. The van der Waals surface area contributed by atoms with E-state index in [-0.39, 0.29) is 29.3 Å². The highest BCUT2D eigenvalue weighted by atomic mass is 16.2. The molecule has 1 aromatic carbocycles. The molecular weight excluding hydrogens is 344 g/mol. The lowest BCUT2D eigenvalue weighted by molar-refractivity contribution is -0.135. The van der Waals surface area contributed by atoms with Gasteiger partial charge in [-0.15, -0.1) is 0 Å². The first kappa shape index (κ1) is 19.1. The Labute approximate surface area is 158 Å². The van der Waals surface area contributed by atoms with Gasteiger partial charge in [-0.2, -0.15) is 5.10 Å². The van der Waals surface area contributed by atoms with E-state index in [1.807, 2.05) is 27.7 Å². The Morgan fingerprint density at radius 1 is 0.926 bits per heavy atom. The zero-order valence-corrected chi connectivity index (χ0v) is 16.3. The van der Waals surface area contributed by atoms with Gasteiger partial charge in [-0.25, -0.2) is 4.68 Å². The first-order valence-corrected chi connectivity index (χ1v) is 9.41. The molecule has 0 atom stereocenters. The second-order valence-electron chi connectivity index (χ2n) is 7.51. The molecular formula is C20H26N4O3. The van der Waals surface area contributed by atoms with Gasteiger partial charge in [0.25, 0.3) is 11.5 Å². The van der Waals surface area contributed by atoms with Crippen LogP contribution in [0.15, 0.2) is 29.1 Å². The van der Waals surface area contributed by atoms with Crippen molar-refractivity contribution in [2.24, 2.45) is 5.92 Å². The Hall–Kier alpha value is -2.70. The number of benzene rings is 1. The molecule has 7 nitrogen and oxygen atoms in total. The number of carbonyl (C=O) groups is 2. The quantitative estimate of drug-likeness (QED) is 0.827. The van der Waals surface area contributed by atoms with E-state index in [4.69, 9.17) is 0 Å². The van der Waals surface area contributed by atoms with Gasteiger partial charge in [0, 0.05) is 37.5 Å². The third-order valence-electron chi connectivity index (χ3n) is 4.89. The van der Waals surface area contributed by atoms with Crippen LogP contribution in [0.25, 0.3) is 10.8 Å². The minimum atomic E-state index is -0.197. The molecule has 0 unspecified atom stereocenters. The van der Waals surface area contributed by atoms with E-state index in [1.165, 1.54) is 4.68 Å². The number of rotatable bonds is 3. The maximum Gasteiger partial charge on any atom is 0.275 e. The minimum absolute atomic E-state index is 0.0486. The molecule has 7 heteroatoms. The molecule has 0 aliphatic carbocycles. The third-order valence-corrected chi connectivity index (χ3v) is 4.89. The third kappa shape index (κ3) is 3.59. The average Bonchev–Trinajstić information content (AvgIpc) is 2.67. The summed E-state index contributed by atoms with van der Waals surface area (Å²) in [5.74, 6) is -0.135. The van der Waals surface area contributed by atoms with Gasteiger partial charge in [0.05, 0.1) is 11.4 Å². The van der Waals surface area contributed by atoms with E-state index >= 15 is 0 Å². The molecule has 0 saturated carbocycles. The molecule has 3 rings (SSSR count). The van der Waals surface area contributed by atoms with Crippen LogP contribution in [0.5, 0.6) is 0 Å². The largest absolute Gasteiger partial charge is 0.339 e. The first-order chi connectivity index (χ1) is 12.8. The Morgan fingerprint density at radius 2 is 1.48 bits per heavy atom. The van der Waals surface area contributed by atoms with Crippen LogP contribution >= 0.6 is 0 Å². The Kier molecular flexibility index (Phi) is 5.30. The lowest BCUT2D eigenvalue weighted by atomic mass is 10.1. The van der Waals surface area contributed by atoms with Crippen molar-refractivity contribution >= 4 is 22.6 Å². The van der Waals surface area contributed by atoms with Crippen molar-refractivity contribution in [1.82, 2.24) is 19.6 Å². The number of fused-ring (bicyclic) bond motifs is 1. The van der Waals surface area contributed by atoms with E-state index < -0.39 is 0 Å². The summed E-state index contributed by atoms with van der Waals surface area (Å²) in [5, 5.41) is 5.46. The molecule has 0 bridgehead atoms. The van der Waals surface area contributed by atoms with E-state index in [9.17, 15) is 14.4 Å². The lowest BCUT2D eigenvalue weighted by Crippen LogP contribution is -2.51. The lowest BCUT2D eigenvalue weighted by Gasteiger charge is -2.35. The normalized spacial score (nSPS) is 15.0. The number of aromatic nitrogens is 2. The number of amides is 2. The fourth-order valence-corrected chi connectivity index (χ4v) is 3.36. The topological polar surface area (TPSA) is 75.5 Å². The van der Waals surface area contributed by atoms with Gasteiger partial charge in [0.15, 0.2) is 5.69 Å². The van der Waals surface area contributed by atoms with E-state index in [1.54, 1.807) is 34.1 Å². The second kappa shape index (κ2) is 7.50. The summed E-state index contributed by atoms with van der Waals surface area (Å²) < 4.78 is 1.37. The van der Waals surface area contributed by atoms with Gasteiger partial charge < -0.3 is 9.80 Å². The fourth-order valence-electron chi connectivity index (χ4n) is 3.36. The summed E-state index contributed by atoms with van der Waals surface area (Å²) in [7, 11) is 0. The van der Waals surface area contributed by atoms with Crippen LogP contribution in [0.4, 0.5) is 0 Å². The number of hydrogen-bond donors (Lipinski definition) is 0. The maximum atomic E-state index is 13.2. The molecule has 144 valence electrons. The molecule has 1 saturated heterocycles. The van der Waals surface area contributed by atoms with E-state index in [0.717, 1.165) is 0 Å². The van der Waals surface area contributed by atoms with Gasteiger partial charge >= 0.3 is 0 Å². The Morgan fingerprint density at radius 3 is 2.04 bits per heavy atom. The Bertz CT molecular complexity index is 924. The van der Waals surface area contributed by atoms with Crippen molar-refractivity contribution < 1.29 is 9.59 Å². The standard InChI is InChI=1S/C20H26N4O3/c1-13(2)18(25)22-9-11-23(12-10-22)20(27)17-15-7-5-6-8-16(15)19(26)24(21-17)14(3)4/h5-8,13-14H,9-12H2,1-4H3. The van der Waals surface area contributed by atoms with Crippen LogP contribution in [0.2, 0.25) is 0 Å². The molecule has 0 radical (unpaired) electrons. The van der Waals surface area contributed by atoms with Crippen molar-refractivity contribution in [2.45, 2.75) is 33.7 Å². The molecule has 2 heterocycles. The average molecular weight is 370 g/mol. The molecule has 1 aliphatic rings. The smallest absolute Gasteiger partial charge is 0.275 e. The molecule has 0 spiro atoms. The van der Waals surface area contributed by atoms with Gasteiger partial charge in [-0.05, 0) is 19.9 Å². The summed E-state index contributed by atoms with van der Waals surface area (Å²) >= 11 is 0. The molecule has 27 heavy (non-hydrogen) atoms. The molecule has 1 fully saturated rings. The predicted octanol–water partition coefficient (Wildman–Crippen LogP) is 1.92. The van der Waals surface area contributed by atoms with Crippen LogP contribution in [-0.4, -0.2) is 57.6 Å². The van der Waals surface area contributed by atoms with Crippen molar-refractivity contribution in [3.8, 4) is 0 Å². The predicted molar refractivity (Wildman–Crippen MR) is 104 cm³/mol. The van der Waals surface area contributed by atoms with Crippen LogP contribution in [-0.2, 0) is 4.79 Å². The van der Waals surface area contributed by atoms with Gasteiger partial charge in [-0.1, -0.05) is 32.0 Å². The summed E-state index contributed by atoms with van der Waals surface area (Å²) in [5.41, 5.74) is 0.104. The van der Waals surface area contributed by atoms with Crippen LogP contribution in [0.1, 0.15) is 44.2 Å². The molecule has 0 N–H and O–H groups in total. The van der Waals surface area contributed by atoms with Crippen molar-refractivity contribution in [1.29, 1.82) is 0 Å². The van der Waals surface area contributed by atoms with Crippen molar-refractivity contribution in [3.05, 3.63) is 40.3 Å². The molecule has 2 amide bonds. The SMILES string of the molecule is CC(C)C(=O)N1CCN(C(=O)c2nn(C(C)C)c(=O)c3ccccc23)CC1. The molecule has 1 aromatic heterocycles. The summed E-state index contributed by atoms with van der Waals surface area (Å²) in [6, 6.07) is 6.95. The Balaban J connectivity index is 1.92. The van der Waals surface area contributed by atoms with Crippen LogP contribution < -0.4 is 5.56 Å². The van der Waals surface area contributed by atoms with E-state index in [2.05, 4.69) is 5.10 Å². The molecule has 1 aliphatic heterocycles. The number of carbonyl (C=O) groups excluding carboxylic acids is 2. The van der Waals surface area contributed by atoms with Gasteiger partial charge in [0.1, 0.15) is 0 Å². The van der Waals surface area contributed by atoms with Gasteiger partial charge in [0.2, 0.25) is 5.91 Å². The van der Waals surface area contributed by atoms with Crippen LogP contribution in [0.3, 0.4) is 0 Å². The van der Waals surface area contributed by atoms with E-state index in [0.29, 0.717) is 42.6 Å². The number of nitrogens with zero attached hydrogens (tertiary/aromatic N) is 4. The summed E-state index contributed by atoms with van der Waals surface area (Å²) in [4.78, 5) is 41.5. The zero-order chi connectivity index (χ0) is 19.7. The highest BCUT2D eigenvalue weighted by Gasteiger charge is 2.28. The zero-order valence-electron chi connectivity index (χ0n) is 16.3. The summed E-state index contributed by atoms with van der Waals surface area (Å²) in [6.45, 7) is 9.47. The first-order valence-electron chi connectivity index (χ1n) is 9.41. The second-order valence-corrected chi connectivity index (χ2v) is 7.51. The van der Waals surface area contributed by atoms with Gasteiger partial charge in [-0.3, -0.25) is 14.4 Å². The summed E-state index contributed by atoms with van der Waals surface area (Å²) in [6.07, 6.45) is 0. The van der Waals surface area contributed by atoms with Crippen LogP contribution in [0, 0.1) is 5.92 Å². The monoisotopic (exact) mass is 370 g/mol. The van der Waals surface area contributed by atoms with Crippen molar-refractivity contribution in [2.75, 3.05) is 26.2 Å². The highest BCUT2D eigenvalue weighted by molar-refractivity contribution is 6.04. The maximum absolute atomic E-state index is 13.2. The fraction of sp³-hybridized carbons (Fsp3) is 0.500.